The van der Waals surface area contributed by atoms with E-state index in [4.69, 9.17) is 4.74 Å². The van der Waals surface area contributed by atoms with E-state index in [9.17, 15) is 0 Å². The van der Waals surface area contributed by atoms with Gasteiger partial charge in [-0.05, 0) is 49.4 Å². The summed E-state index contributed by atoms with van der Waals surface area (Å²) >= 11 is 0. The molecule has 2 atom stereocenters. The van der Waals surface area contributed by atoms with E-state index in [-0.39, 0.29) is 11.5 Å². The standard InChI is InChI=1S/C17H30N2O/c1-6-10-19-15(13-14-8-11-18-12-9-14)16(20-7-2)17(3,4)5/h8-9,11-12,15-16,19H,6-7,10,13H2,1-5H3. The lowest BCUT2D eigenvalue weighted by Gasteiger charge is -2.37. The lowest BCUT2D eigenvalue weighted by molar-refractivity contribution is -0.0355. The predicted octanol–water partition coefficient (Wildman–Crippen LogP) is 3.44. The first kappa shape index (κ1) is 17.1. The monoisotopic (exact) mass is 278 g/mol. The van der Waals surface area contributed by atoms with Crippen LogP contribution in [0.3, 0.4) is 0 Å². The second-order valence-corrected chi connectivity index (χ2v) is 6.36. The molecule has 3 heteroatoms. The Balaban J connectivity index is 2.85. The van der Waals surface area contributed by atoms with Crippen molar-refractivity contribution in [2.24, 2.45) is 5.41 Å². The molecule has 0 aliphatic rings. The summed E-state index contributed by atoms with van der Waals surface area (Å²) in [5, 5.41) is 3.66. The summed E-state index contributed by atoms with van der Waals surface area (Å²) in [7, 11) is 0. The van der Waals surface area contributed by atoms with E-state index in [0.29, 0.717) is 6.04 Å². The Labute approximate surface area is 124 Å². The molecule has 0 saturated heterocycles. The summed E-state index contributed by atoms with van der Waals surface area (Å²) in [5.74, 6) is 0. The van der Waals surface area contributed by atoms with Crippen LogP contribution >= 0.6 is 0 Å². The molecule has 2 unspecified atom stereocenters. The van der Waals surface area contributed by atoms with Crippen molar-refractivity contribution in [3.63, 3.8) is 0 Å². The van der Waals surface area contributed by atoms with Gasteiger partial charge in [-0.2, -0.15) is 0 Å². The van der Waals surface area contributed by atoms with Crippen molar-refractivity contribution in [2.45, 2.75) is 59.6 Å². The molecule has 1 N–H and O–H groups in total. The fourth-order valence-corrected chi connectivity index (χ4v) is 2.54. The molecule has 1 heterocycles. The SMILES string of the molecule is CCCNC(Cc1ccncc1)C(OCC)C(C)(C)C. The van der Waals surface area contributed by atoms with Gasteiger partial charge in [0.15, 0.2) is 0 Å². The van der Waals surface area contributed by atoms with E-state index in [1.807, 2.05) is 12.4 Å². The van der Waals surface area contributed by atoms with E-state index in [1.54, 1.807) is 0 Å². The maximum absolute atomic E-state index is 6.06. The lowest BCUT2D eigenvalue weighted by Crippen LogP contribution is -2.49. The van der Waals surface area contributed by atoms with Crippen molar-refractivity contribution in [2.75, 3.05) is 13.2 Å². The van der Waals surface area contributed by atoms with E-state index in [2.05, 4.69) is 57.1 Å². The fourth-order valence-electron chi connectivity index (χ4n) is 2.54. The number of hydrogen-bond acceptors (Lipinski definition) is 3. The van der Waals surface area contributed by atoms with Gasteiger partial charge < -0.3 is 10.1 Å². The molecule has 0 aromatic carbocycles. The molecule has 1 aromatic rings. The van der Waals surface area contributed by atoms with Crippen LogP contribution in [0.25, 0.3) is 0 Å². The number of hydrogen-bond donors (Lipinski definition) is 1. The summed E-state index contributed by atoms with van der Waals surface area (Å²) in [6.45, 7) is 12.8. The topological polar surface area (TPSA) is 34.2 Å². The average Bonchev–Trinajstić information content (AvgIpc) is 2.41. The molecule has 3 nitrogen and oxygen atoms in total. The van der Waals surface area contributed by atoms with Crippen molar-refractivity contribution >= 4 is 0 Å². The van der Waals surface area contributed by atoms with Gasteiger partial charge in [0.25, 0.3) is 0 Å². The summed E-state index contributed by atoms with van der Waals surface area (Å²) in [4.78, 5) is 4.09. The molecule has 1 rings (SSSR count). The Hall–Kier alpha value is -0.930. The van der Waals surface area contributed by atoms with Crippen molar-refractivity contribution < 1.29 is 4.74 Å². The van der Waals surface area contributed by atoms with Crippen LogP contribution in [0, 0.1) is 5.41 Å². The third-order valence-corrected chi connectivity index (χ3v) is 3.43. The molecule has 0 aliphatic heterocycles. The number of aromatic nitrogens is 1. The molecule has 1 aromatic heterocycles. The van der Waals surface area contributed by atoms with Gasteiger partial charge in [-0.3, -0.25) is 4.98 Å². The third kappa shape index (κ3) is 5.59. The van der Waals surface area contributed by atoms with Crippen molar-refractivity contribution in [3.05, 3.63) is 30.1 Å². The van der Waals surface area contributed by atoms with Gasteiger partial charge in [0.05, 0.1) is 6.10 Å². The second kappa shape index (κ2) is 8.38. The zero-order valence-corrected chi connectivity index (χ0v) is 13.6. The average molecular weight is 278 g/mol. The summed E-state index contributed by atoms with van der Waals surface area (Å²) in [6, 6.07) is 4.51. The number of pyridine rings is 1. The van der Waals surface area contributed by atoms with Gasteiger partial charge in [0.2, 0.25) is 0 Å². The Morgan fingerprint density at radius 1 is 1.20 bits per heavy atom. The molecule has 20 heavy (non-hydrogen) atoms. The van der Waals surface area contributed by atoms with Crippen LogP contribution in [0.15, 0.2) is 24.5 Å². The molecule has 0 bridgehead atoms. The zero-order chi connectivity index (χ0) is 15.0. The van der Waals surface area contributed by atoms with Gasteiger partial charge in [-0.25, -0.2) is 0 Å². The van der Waals surface area contributed by atoms with Crippen LogP contribution in [-0.2, 0) is 11.2 Å². The number of nitrogens with one attached hydrogen (secondary N) is 1. The van der Waals surface area contributed by atoms with Crippen molar-refractivity contribution in [3.8, 4) is 0 Å². The molecular weight excluding hydrogens is 248 g/mol. The highest BCUT2D eigenvalue weighted by molar-refractivity contribution is 5.12. The van der Waals surface area contributed by atoms with Gasteiger partial charge >= 0.3 is 0 Å². The minimum atomic E-state index is 0.119. The van der Waals surface area contributed by atoms with Crippen LogP contribution in [-0.4, -0.2) is 30.3 Å². The molecule has 114 valence electrons. The fraction of sp³-hybridized carbons (Fsp3) is 0.706. The predicted molar refractivity (Wildman–Crippen MR) is 84.9 cm³/mol. The highest BCUT2D eigenvalue weighted by atomic mass is 16.5. The van der Waals surface area contributed by atoms with Crippen LogP contribution in [0.5, 0.6) is 0 Å². The van der Waals surface area contributed by atoms with E-state index >= 15 is 0 Å². The van der Waals surface area contributed by atoms with Gasteiger partial charge in [-0.1, -0.05) is 27.7 Å². The smallest absolute Gasteiger partial charge is 0.0779 e. The van der Waals surface area contributed by atoms with Crippen LogP contribution in [0.2, 0.25) is 0 Å². The first-order valence-corrected chi connectivity index (χ1v) is 7.73. The van der Waals surface area contributed by atoms with Crippen molar-refractivity contribution in [1.29, 1.82) is 0 Å². The minimum Gasteiger partial charge on any atom is -0.376 e. The van der Waals surface area contributed by atoms with Crippen molar-refractivity contribution in [1.82, 2.24) is 10.3 Å². The van der Waals surface area contributed by atoms with E-state index in [0.717, 1.165) is 26.0 Å². The second-order valence-electron chi connectivity index (χ2n) is 6.36. The van der Waals surface area contributed by atoms with Crippen LogP contribution in [0.4, 0.5) is 0 Å². The molecule has 0 amide bonds. The largest absolute Gasteiger partial charge is 0.376 e. The lowest BCUT2D eigenvalue weighted by atomic mass is 9.82. The molecule has 0 fully saturated rings. The highest BCUT2D eigenvalue weighted by Gasteiger charge is 2.32. The first-order chi connectivity index (χ1) is 9.49. The number of rotatable bonds is 8. The number of ether oxygens (including phenoxy) is 1. The summed E-state index contributed by atoms with van der Waals surface area (Å²) in [5.41, 5.74) is 1.43. The van der Waals surface area contributed by atoms with Crippen LogP contribution in [0.1, 0.15) is 46.6 Å². The third-order valence-electron chi connectivity index (χ3n) is 3.43. The van der Waals surface area contributed by atoms with E-state index in [1.165, 1.54) is 5.56 Å². The quantitative estimate of drug-likeness (QED) is 0.791. The number of nitrogens with zero attached hydrogens (tertiary/aromatic N) is 1. The van der Waals surface area contributed by atoms with Crippen LogP contribution < -0.4 is 5.32 Å². The van der Waals surface area contributed by atoms with Gasteiger partial charge in [-0.15, -0.1) is 0 Å². The van der Waals surface area contributed by atoms with E-state index < -0.39 is 0 Å². The Morgan fingerprint density at radius 2 is 1.85 bits per heavy atom. The molecule has 0 radical (unpaired) electrons. The van der Waals surface area contributed by atoms with Gasteiger partial charge in [0, 0.05) is 25.0 Å². The normalized spacial score (nSPS) is 15.1. The summed E-state index contributed by atoms with van der Waals surface area (Å²) < 4.78 is 6.06. The maximum atomic E-state index is 6.06. The Bertz CT molecular complexity index is 359. The Kier molecular flexibility index (Phi) is 7.17. The highest BCUT2D eigenvalue weighted by Crippen LogP contribution is 2.26. The zero-order valence-electron chi connectivity index (χ0n) is 13.6. The molecule has 0 aliphatic carbocycles. The first-order valence-electron chi connectivity index (χ1n) is 7.73. The molecule has 0 saturated carbocycles. The molecule has 0 spiro atoms. The maximum Gasteiger partial charge on any atom is 0.0779 e. The van der Waals surface area contributed by atoms with Gasteiger partial charge in [0.1, 0.15) is 0 Å². The summed E-state index contributed by atoms with van der Waals surface area (Å²) in [6.07, 6.45) is 6.03. The minimum absolute atomic E-state index is 0.119. The Morgan fingerprint density at radius 3 is 2.35 bits per heavy atom. The molecular formula is C17H30N2O.